The molecular formula is C30H26ClN7O3S. The van der Waals surface area contributed by atoms with Gasteiger partial charge in [0, 0.05) is 48.2 Å². The van der Waals surface area contributed by atoms with Crippen LogP contribution in [0.4, 0.5) is 0 Å². The predicted octanol–water partition coefficient (Wildman–Crippen LogP) is 5.12. The number of hydrogen-bond acceptors (Lipinski definition) is 7. The average molecular weight is 600 g/mol. The molecule has 10 nitrogen and oxygen atoms in total. The topological polar surface area (TPSA) is 111 Å². The van der Waals surface area contributed by atoms with Gasteiger partial charge in [-0.2, -0.15) is 5.10 Å². The number of rotatable bonds is 6. The highest BCUT2D eigenvalue weighted by Crippen LogP contribution is 2.30. The van der Waals surface area contributed by atoms with Crippen LogP contribution >= 0.6 is 22.9 Å². The molecule has 4 aromatic heterocycles. The van der Waals surface area contributed by atoms with Gasteiger partial charge in [-0.15, -0.1) is 11.3 Å². The molecule has 212 valence electrons. The van der Waals surface area contributed by atoms with E-state index in [1.54, 1.807) is 34.7 Å². The van der Waals surface area contributed by atoms with E-state index in [4.69, 9.17) is 26.1 Å². The summed E-state index contributed by atoms with van der Waals surface area (Å²) in [6, 6.07) is 14.8. The zero-order valence-electron chi connectivity index (χ0n) is 22.9. The number of aromatic nitrogens is 5. The first-order valence-electron chi connectivity index (χ1n) is 13.5. The highest BCUT2D eigenvalue weighted by Gasteiger charge is 2.29. The fraction of sp³-hybridized carbons (Fsp3) is 0.233. The van der Waals surface area contributed by atoms with E-state index in [-0.39, 0.29) is 30.7 Å². The van der Waals surface area contributed by atoms with E-state index in [0.717, 1.165) is 49.8 Å². The van der Waals surface area contributed by atoms with Crippen LogP contribution in [0.2, 0.25) is 5.02 Å². The van der Waals surface area contributed by atoms with Crippen molar-refractivity contribution in [2.45, 2.75) is 33.0 Å². The Morgan fingerprint density at radius 3 is 2.86 bits per heavy atom. The number of fused-ring (bicyclic) bond motifs is 3. The Morgan fingerprint density at radius 2 is 2.02 bits per heavy atom. The number of para-hydroxylation sites is 2. The lowest BCUT2D eigenvalue weighted by Crippen LogP contribution is -2.36. The molecular weight excluding hydrogens is 574 g/mol. The molecule has 6 aromatic rings. The summed E-state index contributed by atoms with van der Waals surface area (Å²) in [5.41, 5.74) is 7.73. The SMILES string of the molecule is Cc1ncsc1-c1nc2ccccc2n1CC(=O)NCc1nn(C)c2c1CN(C(=O)c1cc3cc(Cl)ccc3o1)CC2. The molecule has 0 radical (unpaired) electrons. The third-order valence-electron chi connectivity index (χ3n) is 7.66. The molecule has 0 bridgehead atoms. The number of hydrogen-bond donors (Lipinski definition) is 1. The Kier molecular flexibility index (Phi) is 6.55. The zero-order valence-corrected chi connectivity index (χ0v) is 24.5. The highest BCUT2D eigenvalue weighted by atomic mass is 35.5. The smallest absolute Gasteiger partial charge is 0.289 e. The number of carbonyl (C=O) groups excluding carboxylic acids is 2. The number of benzene rings is 2. The van der Waals surface area contributed by atoms with E-state index in [1.807, 2.05) is 47.5 Å². The van der Waals surface area contributed by atoms with Crippen molar-refractivity contribution in [3.63, 3.8) is 0 Å². The number of carbonyl (C=O) groups is 2. The first-order valence-corrected chi connectivity index (χ1v) is 14.8. The number of halogens is 1. The molecule has 2 aromatic carbocycles. The van der Waals surface area contributed by atoms with E-state index in [2.05, 4.69) is 10.3 Å². The minimum atomic E-state index is -0.190. The van der Waals surface area contributed by atoms with Crippen molar-refractivity contribution in [3.8, 4) is 10.7 Å². The maximum atomic E-state index is 13.4. The Bertz CT molecular complexity index is 2000. The Balaban J connectivity index is 1.09. The van der Waals surface area contributed by atoms with Crippen LogP contribution < -0.4 is 5.32 Å². The van der Waals surface area contributed by atoms with Crippen molar-refractivity contribution >= 4 is 56.8 Å². The van der Waals surface area contributed by atoms with Crippen LogP contribution in [0, 0.1) is 6.92 Å². The molecule has 0 aliphatic carbocycles. The molecule has 2 amide bonds. The van der Waals surface area contributed by atoms with Crippen molar-refractivity contribution < 1.29 is 14.0 Å². The lowest BCUT2D eigenvalue weighted by atomic mass is 10.0. The van der Waals surface area contributed by atoms with Crippen molar-refractivity contribution in [3.05, 3.63) is 87.5 Å². The molecule has 0 unspecified atom stereocenters. The van der Waals surface area contributed by atoms with Gasteiger partial charge in [-0.3, -0.25) is 14.3 Å². The summed E-state index contributed by atoms with van der Waals surface area (Å²) in [4.78, 5) is 38.5. The second kappa shape index (κ2) is 10.4. The summed E-state index contributed by atoms with van der Waals surface area (Å²) >= 11 is 7.61. The van der Waals surface area contributed by atoms with Crippen molar-refractivity contribution in [1.82, 2.24) is 34.5 Å². The van der Waals surface area contributed by atoms with E-state index in [0.29, 0.717) is 30.1 Å². The van der Waals surface area contributed by atoms with Crippen LogP contribution in [0.25, 0.3) is 32.7 Å². The van der Waals surface area contributed by atoms with Gasteiger partial charge < -0.3 is 19.2 Å². The van der Waals surface area contributed by atoms with Crippen molar-refractivity contribution in [2.24, 2.45) is 7.05 Å². The molecule has 7 rings (SSSR count). The molecule has 12 heteroatoms. The van der Waals surface area contributed by atoms with Crippen LogP contribution in [0.3, 0.4) is 0 Å². The molecule has 1 aliphatic rings. The van der Waals surface area contributed by atoms with Gasteiger partial charge in [0.1, 0.15) is 12.1 Å². The minimum absolute atomic E-state index is 0.100. The van der Waals surface area contributed by atoms with E-state index >= 15 is 0 Å². The average Bonchev–Trinajstić information content (AvgIpc) is 3.76. The molecule has 0 spiro atoms. The molecule has 42 heavy (non-hydrogen) atoms. The Hall–Kier alpha value is -4.48. The third-order valence-corrected chi connectivity index (χ3v) is 8.82. The maximum Gasteiger partial charge on any atom is 0.289 e. The van der Waals surface area contributed by atoms with Crippen LogP contribution in [-0.2, 0) is 37.9 Å². The van der Waals surface area contributed by atoms with E-state index in [1.165, 1.54) is 11.3 Å². The second-order valence-electron chi connectivity index (χ2n) is 10.3. The first kappa shape index (κ1) is 26.4. The van der Waals surface area contributed by atoms with Gasteiger partial charge in [-0.1, -0.05) is 23.7 Å². The fourth-order valence-corrected chi connectivity index (χ4v) is 6.55. The molecule has 1 aliphatic heterocycles. The highest BCUT2D eigenvalue weighted by molar-refractivity contribution is 7.13. The fourth-order valence-electron chi connectivity index (χ4n) is 5.57. The molecule has 0 saturated carbocycles. The molecule has 0 fully saturated rings. The van der Waals surface area contributed by atoms with Gasteiger partial charge in [0.2, 0.25) is 5.91 Å². The summed E-state index contributed by atoms with van der Waals surface area (Å²) in [7, 11) is 1.89. The van der Waals surface area contributed by atoms with Gasteiger partial charge in [-0.05, 0) is 43.3 Å². The van der Waals surface area contributed by atoms with E-state index < -0.39 is 0 Å². The quantitative estimate of drug-likeness (QED) is 0.285. The van der Waals surface area contributed by atoms with Gasteiger partial charge in [0.15, 0.2) is 11.6 Å². The zero-order chi connectivity index (χ0) is 29.0. The minimum Gasteiger partial charge on any atom is -0.451 e. The number of nitrogens with one attached hydrogen (secondary N) is 1. The van der Waals surface area contributed by atoms with Crippen molar-refractivity contribution in [1.29, 1.82) is 0 Å². The standard InChI is InChI=1S/C30H26ClN7O3S/c1-17-28(42-16-33-17)29-34-21-5-3-4-6-24(21)38(29)15-27(39)32-13-22-20-14-37(10-9-23(20)36(2)35-22)30(40)26-12-18-11-19(31)7-8-25(18)41-26/h3-8,11-12,16H,9-10,13-15H2,1-2H3,(H,32,39). The molecule has 5 heterocycles. The maximum absolute atomic E-state index is 13.4. The van der Waals surface area contributed by atoms with Gasteiger partial charge in [-0.25, -0.2) is 9.97 Å². The Morgan fingerprint density at radius 1 is 1.17 bits per heavy atom. The summed E-state index contributed by atoms with van der Waals surface area (Å²) in [5, 5.41) is 9.10. The van der Waals surface area contributed by atoms with Gasteiger partial charge in [0.25, 0.3) is 5.91 Å². The van der Waals surface area contributed by atoms with Gasteiger partial charge in [0.05, 0.1) is 39.4 Å². The summed E-state index contributed by atoms with van der Waals surface area (Å²) in [6.07, 6.45) is 0.656. The lowest BCUT2D eigenvalue weighted by Gasteiger charge is -2.27. The largest absolute Gasteiger partial charge is 0.451 e. The van der Waals surface area contributed by atoms with E-state index in [9.17, 15) is 9.59 Å². The summed E-state index contributed by atoms with van der Waals surface area (Å²) in [6.45, 7) is 3.21. The van der Waals surface area contributed by atoms with Crippen LogP contribution in [0.1, 0.15) is 33.2 Å². The number of thiazole rings is 1. The number of furan rings is 1. The van der Waals surface area contributed by atoms with Gasteiger partial charge >= 0.3 is 0 Å². The van der Waals surface area contributed by atoms with Crippen LogP contribution in [0.15, 0.2) is 58.5 Å². The second-order valence-corrected chi connectivity index (χ2v) is 11.6. The lowest BCUT2D eigenvalue weighted by molar-refractivity contribution is -0.121. The number of aryl methyl sites for hydroxylation is 2. The molecule has 0 saturated heterocycles. The molecule has 1 N–H and O–H groups in total. The number of amides is 2. The summed E-state index contributed by atoms with van der Waals surface area (Å²) < 4.78 is 9.60. The van der Waals surface area contributed by atoms with Crippen molar-refractivity contribution in [2.75, 3.05) is 6.54 Å². The third kappa shape index (κ3) is 4.64. The monoisotopic (exact) mass is 599 g/mol. The summed E-state index contributed by atoms with van der Waals surface area (Å²) in [5.74, 6) is 0.646. The normalized spacial score (nSPS) is 13.2. The molecule has 0 atom stereocenters. The number of imidazole rings is 1. The van der Waals surface area contributed by atoms with Crippen LogP contribution in [-0.4, -0.2) is 47.6 Å². The Labute approximate surface area is 249 Å². The first-order chi connectivity index (χ1) is 20.4. The van der Waals surface area contributed by atoms with Crippen LogP contribution in [0.5, 0.6) is 0 Å². The predicted molar refractivity (Wildman–Crippen MR) is 160 cm³/mol. The number of nitrogens with zero attached hydrogens (tertiary/aromatic N) is 6.